The minimum atomic E-state index is -0.101. The molecule has 1 aliphatic rings. The number of carbonyl (C=O) groups is 1. The number of nitrogens with one attached hydrogen (secondary N) is 2. The van der Waals surface area contributed by atoms with E-state index >= 15 is 0 Å². The Kier molecular flexibility index (Phi) is 8.30. The van der Waals surface area contributed by atoms with E-state index in [1.807, 2.05) is 24.3 Å². The number of rotatable bonds is 8. The number of nitrogens with zero attached hydrogens (tertiary/aromatic N) is 1. The van der Waals surface area contributed by atoms with Gasteiger partial charge >= 0.3 is 6.03 Å². The van der Waals surface area contributed by atoms with Gasteiger partial charge in [0.2, 0.25) is 0 Å². The van der Waals surface area contributed by atoms with Crippen molar-refractivity contribution in [3.63, 3.8) is 0 Å². The molecule has 0 radical (unpaired) electrons. The first-order chi connectivity index (χ1) is 12.6. The van der Waals surface area contributed by atoms with E-state index in [9.17, 15) is 4.79 Å². The van der Waals surface area contributed by atoms with Crippen molar-refractivity contribution in [1.82, 2.24) is 15.5 Å². The molecular formula is C21H31N3O2. The highest BCUT2D eigenvalue weighted by Crippen LogP contribution is 2.17. The Labute approximate surface area is 157 Å². The third kappa shape index (κ3) is 6.97. The Bertz CT molecular complexity index is 586. The summed E-state index contributed by atoms with van der Waals surface area (Å²) in [6, 6.07) is 8.05. The average Bonchev–Trinajstić information content (AvgIpc) is 2.66. The van der Waals surface area contributed by atoms with E-state index in [1.165, 1.54) is 12.8 Å². The van der Waals surface area contributed by atoms with Gasteiger partial charge in [0.05, 0.1) is 0 Å². The van der Waals surface area contributed by atoms with E-state index in [4.69, 9.17) is 11.2 Å². The Balaban J connectivity index is 1.60. The lowest BCUT2D eigenvalue weighted by Crippen LogP contribution is -2.47. The molecule has 1 fully saturated rings. The van der Waals surface area contributed by atoms with E-state index < -0.39 is 0 Å². The minimum Gasteiger partial charge on any atom is -0.481 e. The van der Waals surface area contributed by atoms with E-state index in [0.717, 1.165) is 36.7 Å². The standard InChI is InChI=1S/C21H31N3O2/c1-4-15-26-20-7-5-19(6-8-20)9-12-22-21(25)23-16-18(3)24-13-10-17(2)11-14-24/h1,5-8,17-18H,9-16H2,2-3H3,(H2,22,23,25). The highest BCUT2D eigenvalue weighted by molar-refractivity contribution is 5.73. The summed E-state index contributed by atoms with van der Waals surface area (Å²) in [6.45, 7) is 8.31. The Hall–Kier alpha value is -2.19. The molecule has 0 aliphatic carbocycles. The van der Waals surface area contributed by atoms with Crippen molar-refractivity contribution in [2.24, 2.45) is 5.92 Å². The Morgan fingerprint density at radius 2 is 2.00 bits per heavy atom. The number of carbonyl (C=O) groups excluding carboxylic acids is 1. The SMILES string of the molecule is C#CCOc1ccc(CCNC(=O)NCC(C)N2CCC(C)CC2)cc1. The summed E-state index contributed by atoms with van der Waals surface area (Å²) in [5.41, 5.74) is 1.15. The van der Waals surface area contributed by atoms with Crippen molar-refractivity contribution < 1.29 is 9.53 Å². The van der Waals surface area contributed by atoms with Crippen LogP contribution in [0.5, 0.6) is 5.75 Å². The van der Waals surface area contributed by atoms with E-state index in [1.54, 1.807) is 0 Å². The Morgan fingerprint density at radius 1 is 1.31 bits per heavy atom. The fourth-order valence-electron chi connectivity index (χ4n) is 3.10. The molecule has 1 saturated heterocycles. The van der Waals surface area contributed by atoms with Crippen LogP contribution >= 0.6 is 0 Å². The second-order valence-electron chi connectivity index (χ2n) is 7.09. The van der Waals surface area contributed by atoms with Crippen LogP contribution in [0.25, 0.3) is 0 Å². The van der Waals surface area contributed by atoms with Crippen LogP contribution in [-0.2, 0) is 6.42 Å². The first-order valence-corrected chi connectivity index (χ1v) is 9.49. The lowest BCUT2D eigenvalue weighted by Gasteiger charge is -2.34. The predicted molar refractivity (Wildman–Crippen MR) is 105 cm³/mol. The first kappa shape index (κ1) is 20.1. The van der Waals surface area contributed by atoms with E-state index in [2.05, 4.69) is 35.3 Å². The molecule has 0 aromatic heterocycles. The van der Waals surface area contributed by atoms with Crippen LogP contribution in [0.3, 0.4) is 0 Å². The average molecular weight is 357 g/mol. The zero-order valence-electron chi connectivity index (χ0n) is 16.0. The van der Waals surface area contributed by atoms with Gasteiger partial charge in [0.15, 0.2) is 0 Å². The molecule has 2 rings (SSSR count). The molecule has 1 atom stereocenters. The number of amides is 2. The molecule has 26 heavy (non-hydrogen) atoms. The molecule has 0 spiro atoms. The monoisotopic (exact) mass is 357 g/mol. The first-order valence-electron chi connectivity index (χ1n) is 9.49. The summed E-state index contributed by atoms with van der Waals surface area (Å²) in [7, 11) is 0. The van der Waals surface area contributed by atoms with Crippen molar-refractivity contribution in [1.29, 1.82) is 0 Å². The van der Waals surface area contributed by atoms with Gasteiger partial charge < -0.3 is 15.4 Å². The van der Waals surface area contributed by atoms with Gasteiger partial charge in [-0.15, -0.1) is 6.42 Å². The third-order valence-electron chi connectivity index (χ3n) is 4.94. The summed E-state index contributed by atoms with van der Waals surface area (Å²) in [5.74, 6) is 4.03. The van der Waals surface area contributed by atoms with Gasteiger partial charge in [-0.25, -0.2) is 4.79 Å². The van der Waals surface area contributed by atoms with Crippen LogP contribution in [-0.4, -0.2) is 49.8 Å². The van der Waals surface area contributed by atoms with Crippen molar-refractivity contribution >= 4 is 6.03 Å². The molecular weight excluding hydrogens is 326 g/mol. The summed E-state index contributed by atoms with van der Waals surface area (Å²) in [5, 5.41) is 5.90. The number of urea groups is 1. The number of piperidine rings is 1. The van der Waals surface area contributed by atoms with Crippen LogP contribution in [0.15, 0.2) is 24.3 Å². The maximum absolute atomic E-state index is 12.0. The molecule has 142 valence electrons. The van der Waals surface area contributed by atoms with Crippen LogP contribution in [0.4, 0.5) is 4.79 Å². The molecule has 0 bridgehead atoms. The quantitative estimate of drug-likeness (QED) is 0.704. The van der Waals surface area contributed by atoms with Gasteiger partial charge in [-0.1, -0.05) is 25.0 Å². The van der Waals surface area contributed by atoms with Gasteiger partial charge in [-0.05, 0) is 62.9 Å². The van der Waals surface area contributed by atoms with Crippen LogP contribution in [0.2, 0.25) is 0 Å². The largest absolute Gasteiger partial charge is 0.481 e. The number of terminal acetylenes is 1. The second kappa shape index (κ2) is 10.7. The lowest BCUT2D eigenvalue weighted by atomic mass is 9.98. The topological polar surface area (TPSA) is 53.6 Å². The molecule has 1 aromatic carbocycles. The summed E-state index contributed by atoms with van der Waals surface area (Å²) in [6.07, 6.45) is 8.45. The highest BCUT2D eigenvalue weighted by atomic mass is 16.5. The van der Waals surface area contributed by atoms with Crippen molar-refractivity contribution in [2.45, 2.75) is 39.2 Å². The van der Waals surface area contributed by atoms with Gasteiger partial charge in [-0.3, -0.25) is 4.90 Å². The van der Waals surface area contributed by atoms with Crippen molar-refractivity contribution in [3.05, 3.63) is 29.8 Å². The molecule has 5 heteroatoms. The minimum absolute atomic E-state index is 0.101. The number of hydrogen-bond donors (Lipinski definition) is 2. The Morgan fingerprint density at radius 3 is 2.65 bits per heavy atom. The zero-order chi connectivity index (χ0) is 18.8. The number of likely N-dealkylation sites (tertiary alicyclic amines) is 1. The number of benzene rings is 1. The fraction of sp³-hybridized carbons (Fsp3) is 0.571. The lowest BCUT2D eigenvalue weighted by molar-refractivity contribution is 0.145. The van der Waals surface area contributed by atoms with Gasteiger partial charge in [0.25, 0.3) is 0 Å². The molecule has 2 N–H and O–H groups in total. The molecule has 0 saturated carbocycles. The smallest absolute Gasteiger partial charge is 0.314 e. The van der Waals surface area contributed by atoms with Crippen molar-refractivity contribution in [3.8, 4) is 18.1 Å². The maximum atomic E-state index is 12.0. The van der Waals surface area contributed by atoms with Crippen LogP contribution < -0.4 is 15.4 Å². The van der Waals surface area contributed by atoms with E-state index in [-0.39, 0.29) is 12.6 Å². The molecule has 1 unspecified atom stereocenters. The highest BCUT2D eigenvalue weighted by Gasteiger charge is 2.20. The van der Waals surface area contributed by atoms with Crippen LogP contribution in [0.1, 0.15) is 32.3 Å². The summed E-state index contributed by atoms with van der Waals surface area (Å²) in [4.78, 5) is 14.4. The second-order valence-corrected chi connectivity index (χ2v) is 7.09. The summed E-state index contributed by atoms with van der Waals surface area (Å²) >= 11 is 0. The maximum Gasteiger partial charge on any atom is 0.314 e. The van der Waals surface area contributed by atoms with Crippen LogP contribution in [0, 0.1) is 18.3 Å². The molecule has 1 aromatic rings. The molecule has 2 amide bonds. The van der Waals surface area contributed by atoms with Gasteiger partial charge in [-0.2, -0.15) is 0 Å². The predicted octanol–water partition coefficient (Wildman–Crippen LogP) is 2.66. The normalized spacial score (nSPS) is 16.5. The number of hydrogen-bond acceptors (Lipinski definition) is 3. The molecule has 5 nitrogen and oxygen atoms in total. The third-order valence-corrected chi connectivity index (χ3v) is 4.94. The molecule has 1 heterocycles. The van der Waals surface area contributed by atoms with Gasteiger partial charge in [0.1, 0.15) is 12.4 Å². The van der Waals surface area contributed by atoms with Gasteiger partial charge in [0, 0.05) is 19.1 Å². The molecule has 1 aliphatic heterocycles. The van der Waals surface area contributed by atoms with E-state index in [0.29, 0.717) is 19.1 Å². The zero-order valence-corrected chi connectivity index (χ0v) is 16.0. The summed E-state index contributed by atoms with van der Waals surface area (Å²) < 4.78 is 5.34. The fourth-order valence-corrected chi connectivity index (χ4v) is 3.10. The van der Waals surface area contributed by atoms with Crippen molar-refractivity contribution in [2.75, 3.05) is 32.8 Å². The number of ether oxygens (including phenoxy) is 1.